The largest absolute Gasteiger partial charge is 0.370 e. The Balaban J connectivity index is 1.54. The van der Waals surface area contributed by atoms with Crippen molar-refractivity contribution in [2.45, 2.75) is 6.10 Å². The van der Waals surface area contributed by atoms with Gasteiger partial charge in [0.15, 0.2) is 0 Å². The Labute approximate surface area is 141 Å². The van der Waals surface area contributed by atoms with Crippen LogP contribution in [0.1, 0.15) is 22.0 Å². The summed E-state index contributed by atoms with van der Waals surface area (Å²) >= 11 is 0. The summed E-state index contributed by atoms with van der Waals surface area (Å²) in [6, 6.07) is 18.7. The van der Waals surface area contributed by atoms with E-state index >= 15 is 0 Å². The van der Waals surface area contributed by atoms with Crippen molar-refractivity contribution >= 4 is 11.8 Å². The van der Waals surface area contributed by atoms with Gasteiger partial charge in [0.1, 0.15) is 6.10 Å². The predicted octanol–water partition coefficient (Wildman–Crippen LogP) is 2.02. The van der Waals surface area contributed by atoms with E-state index in [0.29, 0.717) is 25.3 Å². The molecule has 5 nitrogen and oxygen atoms in total. The first kappa shape index (κ1) is 16.2. The summed E-state index contributed by atoms with van der Waals surface area (Å²) in [5.41, 5.74) is 1.61. The second kappa shape index (κ2) is 7.75. The molecular formula is C19H20N2O3. The second-order valence-electron chi connectivity index (χ2n) is 5.66. The maximum atomic E-state index is 12.4. The second-order valence-corrected chi connectivity index (χ2v) is 5.66. The van der Waals surface area contributed by atoms with Gasteiger partial charge >= 0.3 is 0 Å². The number of ether oxygens (including phenoxy) is 1. The van der Waals surface area contributed by atoms with Crippen LogP contribution < -0.4 is 5.32 Å². The SMILES string of the molecule is O=C(NCC(=O)N1CCO[C@@H](c2ccccc2)C1)c1ccccc1. The van der Waals surface area contributed by atoms with Crippen molar-refractivity contribution in [3.8, 4) is 0 Å². The van der Waals surface area contributed by atoms with Gasteiger partial charge in [-0.15, -0.1) is 0 Å². The van der Waals surface area contributed by atoms with Crippen molar-refractivity contribution < 1.29 is 14.3 Å². The molecule has 1 aliphatic heterocycles. The predicted molar refractivity (Wildman–Crippen MR) is 90.5 cm³/mol. The van der Waals surface area contributed by atoms with Gasteiger partial charge in [-0.25, -0.2) is 0 Å². The average Bonchev–Trinajstić information content (AvgIpc) is 2.67. The van der Waals surface area contributed by atoms with Crippen LogP contribution in [0.2, 0.25) is 0 Å². The number of morpholine rings is 1. The molecule has 124 valence electrons. The fourth-order valence-electron chi connectivity index (χ4n) is 2.70. The molecule has 24 heavy (non-hydrogen) atoms. The van der Waals surface area contributed by atoms with Crippen LogP contribution in [0, 0.1) is 0 Å². The van der Waals surface area contributed by atoms with Crippen molar-refractivity contribution in [1.29, 1.82) is 0 Å². The third-order valence-electron chi connectivity index (χ3n) is 4.03. The molecule has 0 saturated carbocycles. The van der Waals surface area contributed by atoms with Gasteiger partial charge < -0.3 is 15.0 Å². The zero-order valence-electron chi connectivity index (χ0n) is 13.4. The average molecular weight is 324 g/mol. The number of nitrogens with zero attached hydrogens (tertiary/aromatic N) is 1. The topological polar surface area (TPSA) is 58.6 Å². The lowest BCUT2D eigenvalue weighted by molar-refractivity contribution is -0.137. The number of carbonyl (C=O) groups is 2. The summed E-state index contributed by atoms with van der Waals surface area (Å²) in [6.07, 6.45) is -0.117. The lowest BCUT2D eigenvalue weighted by atomic mass is 10.1. The molecule has 1 N–H and O–H groups in total. The van der Waals surface area contributed by atoms with Crippen molar-refractivity contribution in [1.82, 2.24) is 10.2 Å². The Bertz CT molecular complexity index is 688. The minimum absolute atomic E-state index is 0.00472. The van der Waals surface area contributed by atoms with E-state index in [1.165, 1.54) is 0 Å². The van der Waals surface area contributed by atoms with E-state index in [2.05, 4.69) is 5.32 Å². The molecule has 1 aliphatic rings. The van der Waals surface area contributed by atoms with Gasteiger partial charge in [-0.05, 0) is 17.7 Å². The molecule has 2 amide bonds. The number of hydrogen-bond donors (Lipinski definition) is 1. The fraction of sp³-hybridized carbons (Fsp3) is 0.263. The summed E-state index contributed by atoms with van der Waals surface area (Å²) in [7, 11) is 0. The minimum atomic E-state index is -0.239. The quantitative estimate of drug-likeness (QED) is 0.936. The summed E-state index contributed by atoms with van der Waals surface area (Å²) in [6.45, 7) is 1.54. The van der Waals surface area contributed by atoms with E-state index in [9.17, 15) is 9.59 Å². The Morgan fingerprint density at radius 2 is 1.71 bits per heavy atom. The zero-order chi connectivity index (χ0) is 16.8. The van der Waals surface area contributed by atoms with Gasteiger partial charge in [0, 0.05) is 12.1 Å². The minimum Gasteiger partial charge on any atom is -0.370 e. The summed E-state index contributed by atoms with van der Waals surface area (Å²) in [5, 5.41) is 2.68. The number of hydrogen-bond acceptors (Lipinski definition) is 3. The normalized spacial score (nSPS) is 17.3. The van der Waals surface area contributed by atoms with Gasteiger partial charge in [0.2, 0.25) is 5.91 Å². The molecule has 0 radical (unpaired) electrons. The van der Waals surface area contributed by atoms with Gasteiger partial charge in [-0.2, -0.15) is 0 Å². The Morgan fingerprint density at radius 3 is 2.42 bits per heavy atom. The van der Waals surface area contributed by atoms with E-state index in [0.717, 1.165) is 5.56 Å². The zero-order valence-corrected chi connectivity index (χ0v) is 13.4. The summed E-state index contributed by atoms with van der Waals surface area (Å²) in [4.78, 5) is 26.1. The van der Waals surface area contributed by atoms with E-state index in [4.69, 9.17) is 4.74 Å². The standard InChI is InChI=1S/C19H20N2O3/c22-18(13-20-19(23)16-9-5-2-6-10-16)21-11-12-24-17(14-21)15-7-3-1-4-8-15/h1-10,17H,11-14H2,(H,20,23)/t17-/m1/s1. The maximum absolute atomic E-state index is 12.4. The molecule has 1 saturated heterocycles. The Morgan fingerprint density at radius 1 is 1.04 bits per heavy atom. The van der Waals surface area contributed by atoms with Crippen molar-refractivity contribution in [2.75, 3.05) is 26.2 Å². The van der Waals surface area contributed by atoms with Crippen LogP contribution in [-0.4, -0.2) is 43.0 Å². The van der Waals surface area contributed by atoms with Crippen LogP contribution in [0.15, 0.2) is 60.7 Å². The molecule has 1 atom stereocenters. The van der Waals surface area contributed by atoms with E-state index in [-0.39, 0.29) is 24.5 Å². The van der Waals surface area contributed by atoms with Crippen molar-refractivity contribution in [2.24, 2.45) is 0 Å². The van der Waals surface area contributed by atoms with Crippen LogP contribution in [0.25, 0.3) is 0 Å². The summed E-state index contributed by atoms with van der Waals surface area (Å²) < 4.78 is 5.76. The van der Waals surface area contributed by atoms with Crippen LogP contribution in [0.3, 0.4) is 0 Å². The molecule has 0 aliphatic carbocycles. The van der Waals surface area contributed by atoms with Crippen LogP contribution in [0.4, 0.5) is 0 Å². The fourth-order valence-corrected chi connectivity index (χ4v) is 2.70. The third-order valence-corrected chi connectivity index (χ3v) is 4.03. The molecular weight excluding hydrogens is 304 g/mol. The first-order chi connectivity index (χ1) is 11.7. The highest BCUT2D eigenvalue weighted by Gasteiger charge is 2.25. The first-order valence-electron chi connectivity index (χ1n) is 8.01. The highest BCUT2D eigenvalue weighted by Crippen LogP contribution is 2.21. The smallest absolute Gasteiger partial charge is 0.251 e. The molecule has 1 heterocycles. The lowest BCUT2D eigenvalue weighted by Crippen LogP contribution is -2.46. The molecule has 5 heteroatoms. The molecule has 0 unspecified atom stereocenters. The summed E-state index contributed by atoms with van der Waals surface area (Å²) in [5.74, 6) is -0.333. The monoisotopic (exact) mass is 324 g/mol. The highest BCUT2D eigenvalue weighted by atomic mass is 16.5. The number of carbonyl (C=O) groups excluding carboxylic acids is 2. The van der Waals surface area contributed by atoms with E-state index < -0.39 is 0 Å². The molecule has 0 spiro atoms. The molecule has 1 fully saturated rings. The molecule has 2 aromatic carbocycles. The van der Waals surface area contributed by atoms with E-state index in [1.54, 1.807) is 29.2 Å². The Kier molecular flexibility index (Phi) is 5.23. The third kappa shape index (κ3) is 4.00. The molecule has 0 aromatic heterocycles. The number of nitrogens with one attached hydrogen (secondary N) is 1. The molecule has 0 bridgehead atoms. The molecule has 3 rings (SSSR count). The first-order valence-corrected chi connectivity index (χ1v) is 8.01. The lowest BCUT2D eigenvalue weighted by Gasteiger charge is -2.33. The van der Waals surface area contributed by atoms with Crippen LogP contribution >= 0.6 is 0 Å². The van der Waals surface area contributed by atoms with Crippen molar-refractivity contribution in [3.63, 3.8) is 0 Å². The van der Waals surface area contributed by atoms with Crippen LogP contribution in [-0.2, 0) is 9.53 Å². The van der Waals surface area contributed by atoms with Gasteiger partial charge in [-0.1, -0.05) is 48.5 Å². The van der Waals surface area contributed by atoms with Crippen molar-refractivity contribution in [3.05, 3.63) is 71.8 Å². The molecule has 2 aromatic rings. The van der Waals surface area contributed by atoms with Gasteiger partial charge in [0.25, 0.3) is 5.91 Å². The van der Waals surface area contributed by atoms with E-state index in [1.807, 2.05) is 36.4 Å². The number of benzene rings is 2. The maximum Gasteiger partial charge on any atom is 0.251 e. The van der Waals surface area contributed by atoms with Gasteiger partial charge in [0.05, 0.1) is 19.7 Å². The number of amides is 2. The highest BCUT2D eigenvalue weighted by molar-refractivity contribution is 5.96. The Hall–Kier alpha value is -2.66. The van der Waals surface area contributed by atoms with Gasteiger partial charge in [-0.3, -0.25) is 9.59 Å². The van der Waals surface area contributed by atoms with Crippen LogP contribution in [0.5, 0.6) is 0 Å². The number of rotatable bonds is 4.